The third-order valence-corrected chi connectivity index (χ3v) is 4.30. The molecule has 0 aliphatic carbocycles. The summed E-state index contributed by atoms with van der Waals surface area (Å²) in [6.45, 7) is 0. The van der Waals surface area contributed by atoms with Crippen LogP contribution in [0, 0.1) is 0 Å². The van der Waals surface area contributed by atoms with Gasteiger partial charge in [-0.2, -0.15) is 0 Å². The van der Waals surface area contributed by atoms with Gasteiger partial charge in [-0.3, -0.25) is 0 Å². The van der Waals surface area contributed by atoms with E-state index < -0.39 is 15.8 Å². The molecule has 1 aromatic carbocycles. The zero-order valence-corrected chi connectivity index (χ0v) is 11.0. The summed E-state index contributed by atoms with van der Waals surface area (Å²) in [5, 5.41) is 12.1. The van der Waals surface area contributed by atoms with Gasteiger partial charge in [0.05, 0.1) is 21.7 Å². The fourth-order valence-corrected chi connectivity index (χ4v) is 3.04. The van der Waals surface area contributed by atoms with Gasteiger partial charge in [0.2, 0.25) is 0 Å². The van der Waals surface area contributed by atoms with Gasteiger partial charge < -0.3 is 9.63 Å². The minimum absolute atomic E-state index is 0.0705. The van der Waals surface area contributed by atoms with Gasteiger partial charge in [-0.15, -0.1) is 0 Å². The highest BCUT2D eigenvalue weighted by molar-refractivity contribution is 7.90. The Morgan fingerprint density at radius 3 is 2.63 bits per heavy atom. The third-order valence-electron chi connectivity index (χ3n) is 2.35. The maximum absolute atomic E-state index is 12.0. The average Bonchev–Trinajstić information content (AvgIpc) is 2.80. The summed E-state index contributed by atoms with van der Waals surface area (Å²) in [6, 6.07) is 4.89. The minimum atomic E-state index is -3.66. The number of carboxylic acid groups (broad SMARTS) is 1. The Bertz CT molecular complexity index is 709. The Kier molecular flexibility index (Phi) is 3.59. The van der Waals surface area contributed by atoms with Crippen LogP contribution in [0.4, 0.5) is 0 Å². The molecule has 1 N–H and O–H groups in total. The lowest BCUT2D eigenvalue weighted by Gasteiger charge is -2.04. The molecule has 100 valence electrons. The Balaban J connectivity index is 2.36. The number of aromatic carboxylic acids is 1. The largest absolute Gasteiger partial charge is 0.478 e. The number of halogens is 1. The summed E-state index contributed by atoms with van der Waals surface area (Å²) >= 11 is 5.73. The van der Waals surface area contributed by atoms with Crippen molar-refractivity contribution >= 4 is 27.4 Å². The lowest BCUT2D eigenvalue weighted by molar-refractivity contribution is 0.0697. The van der Waals surface area contributed by atoms with Gasteiger partial charge in [0.15, 0.2) is 15.6 Å². The molecular formula is C11H8ClNO5S. The van der Waals surface area contributed by atoms with Gasteiger partial charge >= 0.3 is 5.97 Å². The normalized spacial score (nSPS) is 11.4. The number of rotatable bonds is 4. The van der Waals surface area contributed by atoms with Crippen molar-refractivity contribution < 1.29 is 22.8 Å². The van der Waals surface area contributed by atoms with Crippen LogP contribution in [-0.4, -0.2) is 24.7 Å². The Labute approximate surface area is 113 Å². The van der Waals surface area contributed by atoms with E-state index in [0.29, 0.717) is 0 Å². The molecule has 6 nitrogen and oxygen atoms in total. The predicted molar refractivity (Wildman–Crippen MR) is 65.8 cm³/mol. The number of aromatic nitrogens is 1. The molecule has 19 heavy (non-hydrogen) atoms. The molecule has 0 atom stereocenters. The highest BCUT2D eigenvalue weighted by atomic mass is 35.5. The van der Waals surface area contributed by atoms with Gasteiger partial charge in [-0.25, -0.2) is 13.2 Å². The van der Waals surface area contributed by atoms with Crippen LogP contribution < -0.4 is 0 Å². The lowest BCUT2D eigenvalue weighted by atomic mass is 10.2. The molecule has 0 amide bonds. The Hall–Kier alpha value is -1.86. The fourth-order valence-electron chi connectivity index (χ4n) is 1.45. The second kappa shape index (κ2) is 5.02. The monoisotopic (exact) mass is 301 g/mol. The molecule has 0 fully saturated rings. The standard InChI is InChI=1S/C11H8ClNO5S/c12-10-5-8(1-2-9(10)11(14)15)19(16,17)6-7-3-4-13-18-7/h1-5H,6H2,(H,14,15). The number of benzene rings is 1. The van der Waals surface area contributed by atoms with Gasteiger partial charge in [0, 0.05) is 6.07 Å². The molecule has 0 aliphatic heterocycles. The highest BCUT2D eigenvalue weighted by Gasteiger charge is 2.20. The van der Waals surface area contributed by atoms with Crippen LogP contribution in [0.25, 0.3) is 0 Å². The van der Waals surface area contributed by atoms with Crippen molar-refractivity contribution in [3.63, 3.8) is 0 Å². The minimum Gasteiger partial charge on any atom is -0.478 e. The number of hydrogen-bond acceptors (Lipinski definition) is 5. The van der Waals surface area contributed by atoms with E-state index in [1.165, 1.54) is 18.3 Å². The summed E-state index contributed by atoms with van der Waals surface area (Å²) in [7, 11) is -3.66. The molecule has 0 saturated heterocycles. The van der Waals surface area contributed by atoms with E-state index in [4.69, 9.17) is 21.2 Å². The summed E-state index contributed by atoms with van der Waals surface area (Å²) in [4.78, 5) is 10.7. The fraction of sp³-hybridized carbons (Fsp3) is 0.0909. The molecule has 0 aliphatic rings. The van der Waals surface area contributed by atoms with Crippen LogP contribution in [-0.2, 0) is 15.6 Å². The number of nitrogens with zero attached hydrogens (tertiary/aromatic N) is 1. The first kappa shape index (κ1) is 13.6. The smallest absolute Gasteiger partial charge is 0.337 e. The SMILES string of the molecule is O=C(O)c1ccc(S(=O)(=O)Cc2ccno2)cc1Cl. The van der Waals surface area contributed by atoms with Crippen LogP contribution in [0.3, 0.4) is 0 Å². The van der Waals surface area contributed by atoms with E-state index in [2.05, 4.69) is 5.16 Å². The van der Waals surface area contributed by atoms with Crippen LogP contribution >= 0.6 is 11.6 Å². The lowest BCUT2D eigenvalue weighted by Crippen LogP contribution is -2.06. The molecule has 2 aromatic rings. The third kappa shape index (κ3) is 2.94. The van der Waals surface area contributed by atoms with Gasteiger partial charge in [-0.1, -0.05) is 16.8 Å². The maximum Gasteiger partial charge on any atom is 0.337 e. The highest BCUT2D eigenvalue weighted by Crippen LogP contribution is 2.23. The van der Waals surface area contributed by atoms with E-state index in [0.717, 1.165) is 12.1 Å². The Morgan fingerprint density at radius 2 is 2.11 bits per heavy atom. The molecule has 2 rings (SSSR count). The van der Waals surface area contributed by atoms with Crippen molar-refractivity contribution in [2.24, 2.45) is 0 Å². The van der Waals surface area contributed by atoms with E-state index in [-0.39, 0.29) is 27.0 Å². The maximum atomic E-state index is 12.0. The topological polar surface area (TPSA) is 97.5 Å². The van der Waals surface area contributed by atoms with Crippen molar-refractivity contribution in [2.45, 2.75) is 10.6 Å². The second-order valence-corrected chi connectivity index (χ2v) is 6.08. The first-order valence-corrected chi connectivity index (χ1v) is 7.08. The second-order valence-electron chi connectivity index (χ2n) is 3.68. The van der Waals surface area contributed by atoms with E-state index in [9.17, 15) is 13.2 Å². The average molecular weight is 302 g/mol. The van der Waals surface area contributed by atoms with E-state index >= 15 is 0 Å². The molecule has 0 bridgehead atoms. The molecule has 8 heteroatoms. The quantitative estimate of drug-likeness (QED) is 0.927. The molecule has 1 aromatic heterocycles. The first-order valence-electron chi connectivity index (χ1n) is 5.05. The van der Waals surface area contributed by atoms with Crippen LogP contribution in [0.2, 0.25) is 5.02 Å². The van der Waals surface area contributed by atoms with Gasteiger partial charge in [-0.05, 0) is 18.2 Å². The molecule has 0 radical (unpaired) electrons. The molecule has 0 unspecified atom stereocenters. The van der Waals surface area contributed by atoms with Crippen molar-refractivity contribution in [3.05, 3.63) is 46.8 Å². The number of sulfone groups is 1. The summed E-state index contributed by atoms with van der Waals surface area (Å²) in [5.74, 6) is -1.39. The molecule has 0 spiro atoms. The van der Waals surface area contributed by atoms with Crippen molar-refractivity contribution in [1.29, 1.82) is 0 Å². The van der Waals surface area contributed by atoms with Crippen LogP contribution in [0.5, 0.6) is 0 Å². The predicted octanol–water partition coefficient (Wildman–Crippen LogP) is 2.00. The van der Waals surface area contributed by atoms with Gasteiger partial charge in [0.25, 0.3) is 0 Å². The van der Waals surface area contributed by atoms with Gasteiger partial charge in [0.1, 0.15) is 5.75 Å². The Morgan fingerprint density at radius 1 is 1.37 bits per heavy atom. The van der Waals surface area contributed by atoms with Crippen LogP contribution in [0.1, 0.15) is 16.1 Å². The van der Waals surface area contributed by atoms with Crippen molar-refractivity contribution in [3.8, 4) is 0 Å². The first-order chi connectivity index (χ1) is 8.90. The van der Waals surface area contributed by atoms with Crippen molar-refractivity contribution in [1.82, 2.24) is 5.16 Å². The van der Waals surface area contributed by atoms with E-state index in [1.807, 2.05) is 0 Å². The van der Waals surface area contributed by atoms with Crippen LogP contribution in [0.15, 0.2) is 39.9 Å². The molecule has 0 saturated carbocycles. The molecular weight excluding hydrogens is 294 g/mol. The summed E-state index contributed by atoms with van der Waals surface area (Å²) < 4.78 is 28.8. The van der Waals surface area contributed by atoms with E-state index in [1.54, 1.807) is 0 Å². The summed E-state index contributed by atoms with van der Waals surface area (Å²) in [5.41, 5.74) is -0.153. The zero-order chi connectivity index (χ0) is 14.0. The molecule has 1 heterocycles. The number of carboxylic acids is 1. The summed E-state index contributed by atoms with van der Waals surface area (Å²) in [6.07, 6.45) is 1.34. The van der Waals surface area contributed by atoms with Crippen molar-refractivity contribution in [2.75, 3.05) is 0 Å². The number of hydrogen-bond donors (Lipinski definition) is 1. The number of carbonyl (C=O) groups is 1. The zero-order valence-electron chi connectivity index (χ0n) is 9.41.